The molecule has 1 N–H and O–H groups in total. The molecule has 0 spiro atoms. The molecule has 8 nitrogen and oxygen atoms in total. The number of aryl methyl sites for hydroxylation is 1. The predicted molar refractivity (Wildman–Crippen MR) is 142 cm³/mol. The van der Waals surface area contributed by atoms with Gasteiger partial charge in [0, 0.05) is 0 Å². The van der Waals surface area contributed by atoms with E-state index in [1.165, 1.54) is 8.72 Å². The molecule has 192 valence electrons. The molecule has 0 aliphatic carbocycles. The summed E-state index contributed by atoms with van der Waals surface area (Å²) in [6.07, 6.45) is 4.82. The Bertz CT molecular complexity index is 1550. The molecule has 4 rings (SSSR count). The first-order chi connectivity index (χ1) is 17.0. The number of fused-ring (bicyclic) bond motifs is 2. The molecular weight excluding hydrogens is 634 g/mol. The van der Waals surface area contributed by atoms with Crippen molar-refractivity contribution in [2.24, 2.45) is 0 Å². The van der Waals surface area contributed by atoms with Crippen LogP contribution in [0, 0.1) is 0 Å². The first-order valence-corrected chi connectivity index (χ1v) is 17.9. The van der Waals surface area contributed by atoms with Crippen LogP contribution in [0.25, 0.3) is 15.9 Å². The fourth-order valence-corrected chi connectivity index (χ4v) is 10.0. The molecule has 0 amide bonds. The molecule has 12 heteroatoms. The zero-order chi connectivity index (χ0) is 25.9. The molecule has 0 radical (unpaired) electrons. The molecule has 0 saturated heterocycles. The van der Waals surface area contributed by atoms with Crippen LogP contribution >= 0.6 is 0 Å². The molecule has 0 fully saturated rings. The normalized spacial score (nSPS) is 15.7. The number of hydrogen-bond acceptors (Lipinski definition) is 6. The summed E-state index contributed by atoms with van der Waals surface area (Å²) < 4.78 is 71.7. The number of anilines is 1. The Balaban J connectivity index is 1.63. The zero-order valence-electron chi connectivity index (χ0n) is 19.5. The molecule has 2 heterocycles. The van der Waals surface area contributed by atoms with E-state index in [2.05, 4.69) is 33.8 Å². The van der Waals surface area contributed by atoms with Crippen molar-refractivity contribution in [2.75, 3.05) is 23.0 Å². The Morgan fingerprint density at radius 2 is 1.78 bits per heavy atom. The van der Waals surface area contributed by atoms with Gasteiger partial charge in [0.15, 0.2) is 0 Å². The Kier molecular flexibility index (Phi) is 8.59. The predicted octanol–water partition coefficient (Wildman–Crippen LogP) is 1.49. The number of rotatable bonds is 10. The van der Waals surface area contributed by atoms with Gasteiger partial charge >= 0.3 is 225 Å². The van der Waals surface area contributed by atoms with Gasteiger partial charge in [0.25, 0.3) is 0 Å². The summed E-state index contributed by atoms with van der Waals surface area (Å²) in [5, 5.41) is 0. The van der Waals surface area contributed by atoms with Crippen molar-refractivity contribution < 1.29 is 30.5 Å². The quantitative estimate of drug-likeness (QED) is 0.199. The first-order valence-electron chi connectivity index (χ1n) is 11.2. The molecule has 1 aromatic heterocycles. The molecule has 0 bridgehead atoms. The van der Waals surface area contributed by atoms with Gasteiger partial charge in [-0.2, -0.15) is 0 Å². The average Bonchev–Trinajstić information content (AvgIpc) is 3.30. The maximum absolute atomic E-state index is 11.2. The van der Waals surface area contributed by atoms with Crippen LogP contribution < -0.4 is 13.9 Å². The van der Waals surface area contributed by atoms with E-state index in [1.54, 1.807) is 0 Å². The van der Waals surface area contributed by atoms with Gasteiger partial charge in [-0.3, -0.25) is 0 Å². The maximum atomic E-state index is 11.2. The summed E-state index contributed by atoms with van der Waals surface area (Å²) in [6, 6.07) is 16.1. The van der Waals surface area contributed by atoms with Crippen molar-refractivity contribution in [1.29, 1.82) is 0 Å². The second-order valence-electron chi connectivity index (χ2n) is 8.41. The van der Waals surface area contributed by atoms with Gasteiger partial charge in [-0.1, -0.05) is 0 Å². The van der Waals surface area contributed by atoms with Crippen LogP contribution in [0.3, 0.4) is 0 Å². The van der Waals surface area contributed by atoms with Gasteiger partial charge in [-0.25, -0.2) is 0 Å². The molecule has 3 aromatic rings. The van der Waals surface area contributed by atoms with Crippen molar-refractivity contribution in [1.82, 2.24) is 0 Å². The van der Waals surface area contributed by atoms with Gasteiger partial charge in [0.05, 0.1) is 0 Å². The van der Waals surface area contributed by atoms with Crippen molar-refractivity contribution in [3.8, 4) is 0 Å². The molecule has 1 aliphatic heterocycles. The molecule has 0 unspecified atom stereocenters. The Morgan fingerprint density at radius 3 is 2.53 bits per heavy atom. The third kappa shape index (κ3) is 7.18. The number of nitrogens with zero attached hydrogens (tertiary/aromatic N) is 2. The van der Waals surface area contributed by atoms with Crippen LogP contribution in [0.4, 0.5) is 5.69 Å². The minimum absolute atomic E-state index is 0.0473. The third-order valence-corrected chi connectivity index (χ3v) is 11.8. The summed E-state index contributed by atoms with van der Waals surface area (Å²) in [4.78, 5) is 2.13. The Labute approximate surface area is 223 Å². The average molecular weight is 661 g/mol. The molecule has 0 atom stereocenters. The van der Waals surface area contributed by atoms with E-state index in [4.69, 9.17) is 4.55 Å². The minimum atomic E-state index is -4.26. The van der Waals surface area contributed by atoms with E-state index in [0.29, 0.717) is 19.5 Å². The van der Waals surface area contributed by atoms with Gasteiger partial charge in [-0.15, -0.1) is 0 Å². The van der Waals surface area contributed by atoms with Crippen LogP contribution in [0.15, 0.2) is 64.8 Å². The van der Waals surface area contributed by atoms with E-state index in [9.17, 15) is 21.4 Å². The molecular formula is C24H26N2O6S2Se2. The van der Waals surface area contributed by atoms with E-state index in [1.807, 2.05) is 43.3 Å². The zero-order valence-corrected chi connectivity index (χ0v) is 24.6. The molecule has 36 heavy (non-hydrogen) atoms. The van der Waals surface area contributed by atoms with Gasteiger partial charge in [0.1, 0.15) is 0 Å². The summed E-state index contributed by atoms with van der Waals surface area (Å²) >= 11 is 0.103. The van der Waals surface area contributed by atoms with E-state index >= 15 is 0 Å². The molecule has 0 saturated carbocycles. The number of para-hydroxylation sites is 2. The SMILES string of the molecule is CC(/C=C1\[Se]c2ccccc2N1CCCS(=O)(=O)O)=C\c1[se]c2ccccc2[n+]1CCCS(=O)(=O)[O-]. The number of hydrogen-bond donors (Lipinski definition) is 1. The second kappa shape index (κ2) is 11.3. The molecule has 2 aromatic carbocycles. The van der Waals surface area contributed by atoms with E-state index in [-0.39, 0.29) is 41.6 Å². The van der Waals surface area contributed by atoms with Crippen LogP contribution in [0.5, 0.6) is 0 Å². The van der Waals surface area contributed by atoms with Crippen LogP contribution in [-0.2, 0) is 26.8 Å². The monoisotopic (exact) mass is 662 g/mol. The summed E-state index contributed by atoms with van der Waals surface area (Å²) in [5.74, 6) is -0.675. The van der Waals surface area contributed by atoms with Crippen molar-refractivity contribution in [3.05, 3.63) is 69.3 Å². The van der Waals surface area contributed by atoms with Crippen LogP contribution in [-0.4, -0.2) is 73.5 Å². The second-order valence-corrected chi connectivity index (χ2v) is 16.0. The van der Waals surface area contributed by atoms with Crippen LogP contribution in [0.2, 0.25) is 0 Å². The van der Waals surface area contributed by atoms with Gasteiger partial charge in [0.2, 0.25) is 0 Å². The summed E-state index contributed by atoms with van der Waals surface area (Å²) in [5.41, 5.74) is 3.15. The topological polar surface area (TPSA) is 119 Å². The summed E-state index contributed by atoms with van der Waals surface area (Å²) in [6.45, 7) is 2.96. The van der Waals surface area contributed by atoms with E-state index in [0.717, 1.165) is 25.9 Å². The summed E-state index contributed by atoms with van der Waals surface area (Å²) in [7, 11) is -8.28. The van der Waals surface area contributed by atoms with Gasteiger partial charge in [-0.05, 0) is 0 Å². The van der Waals surface area contributed by atoms with E-state index < -0.39 is 26.0 Å². The third-order valence-electron chi connectivity index (χ3n) is 5.54. The van der Waals surface area contributed by atoms with Crippen molar-refractivity contribution >= 4 is 75.7 Å². The standard InChI is InChI=1S/C24H26N2O6S2Se2/c1-18(16-23-25(12-6-14-33(27,28)29)19-8-2-4-10-21(19)35-23)17-24-26(13-7-15-34(30,31)32)20-9-3-5-11-22(20)36-24/h2-5,8-11,16-17H,6-7,12-15H2,1H3,(H-,27,28,29,30,31,32). The van der Waals surface area contributed by atoms with Crippen LogP contribution in [0.1, 0.15) is 24.3 Å². The van der Waals surface area contributed by atoms with Crippen molar-refractivity contribution in [3.63, 3.8) is 0 Å². The van der Waals surface area contributed by atoms with Crippen molar-refractivity contribution in [2.45, 2.75) is 26.3 Å². The number of aromatic nitrogens is 1. The number of allylic oxidation sites excluding steroid dienone is 2. The fraction of sp³-hybridized carbons (Fsp3) is 0.292. The fourth-order valence-electron chi connectivity index (χ4n) is 4.02. The first kappa shape index (κ1) is 27.3. The Morgan fingerprint density at radius 1 is 1.06 bits per heavy atom. The van der Waals surface area contributed by atoms with Gasteiger partial charge < -0.3 is 0 Å². The Hall–Kier alpha value is -1.75. The molecule has 1 aliphatic rings. The number of benzene rings is 2.